The molecule has 0 saturated carbocycles. The number of likely N-dealkylation sites (N-methyl/N-ethyl adjacent to an activating group) is 1. The van der Waals surface area contributed by atoms with Crippen LogP contribution in [0.15, 0.2) is 24.8 Å². The molecule has 2 saturated heterocycles. The average Bonchev–Trinajstić information content (AvgIpc) is 3.06. The molecule has 0 unspecified atom stereocenters. The van der Waals surface area contributed by atoms with Crippen LogP contribution in [0.25, 0.3) is 0 Å². The molecule has 0 radical (unpaired) electrons. The van der Waals surface area contributed by atoms with Crippen molar-refractivity contribution >= 4 is 17.5 Å². The predicted molar refractivity (Wildman–Crippen MR) is 85.6 cm³/mol. The lowest BCUT2D eigenvalue weighted by Gasteiger charge is -2.40. The first-order valence-electron chi connectivity index (χ1n) is 7.72. The third-order valence-corrected chi connectivity index (χ3v) is 4.47. The molecule has 23 heavy (non-hydrogen) atoms. The molecule has 120 valence electrons. The number of hydrogen-bond acceptors (Lipinski definition) is 5. The zero-order valence-electron chi connectivity index (χ0n) is 13.3. The molecule has 0 aliphatic carbocycles. The summed E-state index contributed by atoms with van der Waals surface area (Å²) in [4.78, 5) is 26.2. The molecule has 4 heterocycles. The summed E-state index contributed by atoms with van der Waals surface area (Å²) in [5.74, 6) is 0.956. The highest BCUT2D eigenvalue weighted by Gasteiger charge is 2.32. The summed E-state index contributed by atoms with van der Waals surface area (Å²) in [7, 11) is 1.82. The molecule has 2 aromatic rings. The molecule has 0 aromatic carbocycles. The number of anilines is 2. The van der Waals surface area contributed by atoms with Crippen LogP contribution in [0, 0.1) is 6.92 Å². The van der Waals surface area contributed by atoms with Crippen molar-refractivity contribution in [3.05, 3.63) is 30.5 Å². The lowest BCUT2D eigenvalue weighted by Crippen LogP contribution is -2.48. The van der Waals surface area contributed by atoms with E-state index in [0.717, 1.165) is 43.4 Å². The second kappa shape index (κ2) is 5.22. The van der Waals surface area contributed by atoms with E-state index in [2.05, 4.69) is 20.0 Å². The Balaban J connectivity index is 1.42. The molecule has 4 rings (SSSR count). The predicted octanol–water partition coefficient (Wildman–Crippen LogP) is 0.915. The van der Waals surface area contributed by atoms with E-state index in [1.807, 2.05) is 30.9 Å². The van der Waals surface area contributed by atoms with Gasteiger partial charge in [-0.3, -0.25) is 9.58 Å². The maximum atomic E-state index is 12.0. The number of carbonyl (C=O) groups is 1. The molecule has 0 atom stereocenters. The van der Waals surface area contributed by atoms with Gasteiger partial charge in [-0.05, 0) is 6.92 Å². The van der Waals surface area contributed by atoms with E-state index in [1.165, 1.54) is 0 Å². The van der Waals surface area contributed by atoms with Gasteiger partial charge in [-0.2, -0.15) is 5.10 Å². The fraction of sp³-hybridized carbons (Fsp3) is 0.467. The Hall–Kier alpha value is -2.64. The van der Waals surface area contributed by atoms with Crippen LogP contribution >= 0.6 is 0 Å². The van der Waals surface area contributed by atoms with Crippen LogP contribution in [0.1, 0.15) is 11.7 Å². The minimum Gasteiger partial charge on any atom is -0.352 e. The Kier molecular flexibility index (Phi) is 3.17. The van der Waals surface area contributed by atoms with Gasteiger partial charge in [0.25, 0.3) is 0 Å². The lowest BCUT2D eigenvalue weighted by molar-refractivity contribution is 0.229. The maximum Gasteiger partial charge on any atom is 0.324 e. The van der Waals surface area contributed by atoms with E-state index in [0.29, 0.717) is 6.04 Å². The van der Waals surface area contributed by atoms with Gasteiger partial charge in [-0.15, -0.1) is 0 Å². The lowest BCUT2D eigenvalue weighted by atomic mass is 10.1. The first-order valence-corrected chi connectivity index (χ1v) is 7.72. The van der Waals surface area contributed by atoms with E-state index in [9.17, 15) is 4.79 Å². The largest absolute Gasteiger partial charge is 0.352 e. The van der Waals surface area contributed by atoms with E-state index >= 15 is 0 Å². The summed E-state index contributed by atoms with van der Waals surface area (Å²) in [6.07, 6.45) is 5.33. The maximum absolute atomic E-state index is 12.0. The first-order chi connectivity index (χ1) is 11.1. The van der Waals surface area contributed by atoms with E-state index in [1.54, 1.807) is 22.3 Å². The highest BCUT2D eigenvalue weighted by atomic mass is 16.2. The van der Waals surface area contributed by atoms with Gasteiger partial charge in [0.15, 0.2) is 0 Å². The van der Waals surface area contributed by atoms with Gasteiger partial charge < -0.3 is 9.80 Å². The number of urea groups is 1. The Labute approximate surface area is 134 Å². The van der Waals surface area contributed by atoms with Crippen LogP contribution in [0.4, 0.5) is 16.3 Å². The Bertz CT molecular complexity index is 737. The second-order valence-electron chi connectivity index (χ2n) is 6.11. The quantitative estimate of drug-likeness (QED) is 0.842. The summed E-state index contributed by atoms with van der Waals surface area (Å²) in [5.41, 5.74) is 1.84. The molecule has 2 aromatic heterocycles. The van der Waals surface area contributed by atoms with Crippen LogP contribution in [0.5, 0.6) is 0 Å². The number of rotatable bonds is 3. The van der Waals surface area contributed by atoms with Gasteiger partial charge in [-0.25, -0.2) is 14.8 Å². The van der Waals surface area contributed by atoms with E-state index in [-0.39, 0.29) is 6.03 Å². The van der Waals surface area contributed by atoms with Crippen molar-refractivity contribution in [2.24, 2.45) is 0 Å². The third-order valence-electron chi connectivity index (χ3n) is 4.47. The van der Waals surface area contributed by atoms with Crippen molar-refractivity contribution in [1.29, 1.82) is 0 Å². The smallest absolute Gasteiger partial charge is 0.324 e. The number of carbonyl (C=O) groups excluding carboxylic acids is 1. The molecule has 8 nitrogen and oxygen atoms in total. The van der Waals surface area contributed by atoms with Crippen molar-refractivity contribution in [2.45, 2.75) is 13.0 Å². The van der Waals surface area contributed by atoms with Gasteiger partial charge in [0.05, 0.1) is 17.9 Å². The zero-order valence-corrected chi connectivity index (χ0v) is 13.3. The molecular formula is C15H19N7O. The fourth-order valence-electron chi connectivity index (χ4n) is 2.98. The monoisotopic (exact) mass is 313 g/mol. The summed E-state index contributed by atoms with van der Waals surface area (Å²) >= 11 is 0. The number of amides is 2. The second-order valence-corrected chi connectivity index (χ2v) is 6.11. The number of nitrogens with zero attached hydrogens (tertiary/aromatic N) is 7. The van der Waals surface area contributed by atoms with Crippen LogP contribution in [0.3, 0.4) is 0 Å². The third kappa shape index (κ3) is 2.39. The van der Waals surface area contributed by atoms with Crippen LogP contribution < -0.4 is 9.80 Å². The SMILES string of the molecule is Cc1cc(N2CC(n3cc(N4CCN(C)C4=O)cn3)C2)ncn1. The standard InChI is InChI=1S/C15H19N7O/c1-11-5-14(17-10-16-11)20-7-13(8-20)22-9-12(6-18-22)21-4-3-19(2)15(21)23/h5-6,9-10,13H,3-4,7-8H2,1-2H3. The van der Waals surface area contributed by atoms with Gasteiger partial charge >= 0.3 is 6.03 Å². The normalized spacial score (nSPS) is 18.7. The Morgan fingerprint density at radius 2 is 2.04 bits per heavy atom. The van der Waals surface area contributed by atoms with E-state index < -0.39 is 0 Å². The minimum absolute atomic E-state index is 0.0382. The summed E-state index contributed by atoms with van der Waals surface area (Å²) in [5, 5.41) is 4.43. The topological polar surface area (TPSA) is 70.4 Å². The molecule has 2 aliphatic rings. The summed E-state index contributed by atoms with van der Waals surface area (Å²) < 4.78 is 1.95. The van der Waals surface area contributed by atoms with E-state index in [4.69, 9.17) is 0 Å². The molecule has 2 amide bonds. The number of aryl methyl sites for hydroxylation is 1. The molecule has 2 fully saturated rings. The van der Waals surface area contributed by atoms with Crippen molar-refractivity contribution in [2.75, 3.05) is 43.0 Å². The number of aromatic nitrogens is 4. The molecule has 2 aliphatic heterocycles. The van der Waals surface area contributed by atoms with Crippen LogP contribution in [-0.4, -0.2) is 63.9 Å². The van der Waals surface area contributed by atoms with Crippen molar-refractivity contribution < 1.29 is 4.79 Å². The van der Waals surface area contributed by atoms with Crippen LogP contribution in [0.2, 0.25) is 0 Å². The summed E-state index contributed by atoms with van der Waals surface area (Å²) in [6, 6.07) is 2.34. The van der Waals surface area contributed by atoms with Gasteiger partial charge in [-0.1, -0.05) is 0 Å². The molecular weight excluding hydrogens is 294 g/mol. The zero-order chi connectivity index (χ0) is 16.0. The van der Waals surface area contributed by atoms with Crippen molar-refractivity contribution in [1.82, 2.24) is 24.6 Å². The van der Waals surface area contributed by atoms with Gasteiger partial charge in [0.2, 0.25) is 0 Å². The van der Waals surface area contributed by atoms with Crippen LogP contribution in [-0.2, 0) is 0 Å². The molecule has 8 heteroatoms. The van der Waals surface area contributed by atoms with Crippen molar-refractivity contribution in [3.8, 4) is 0 Å². The molecule has 0 N–H and O–H groups in total. The number of hydrogen-bond donors (Lipinski definition) is 0. The molecule has 0 spiro atoms. The summed E-state index contributed by atoms with van der Waals surface area (Å²) in [6.45, 7) is 5.18. The molecule has 0 bridgehead atoms. The first kappa shape index (κ1) is 14.0. The average molecular weight is 313 g/mol. The van der Waals surface area contributed by atoms with Crippen molar-refractivity contribution in [3.63, 3.8) is 0 Å². The highest BCUT2D eigenvalue weighted by molar-refractivity contribution is 5.93. The highest BCUT2D eigenvalue weighted by Crippen LogP contribution is 2.28. The Morgan fingerprint density at radius 3 is 2.74 bits per heavy atom. The minimum atomic E-state index is 0.0382. The van der Waals surface area contributed by atoms with Gasteiger partial charge in [0, 0.05) is 51.2 Å². The van der Waals surface area contributed by atoms with Gasteiger partial charge in [0.1, 0.15) is 12.1 Å². The Morgan fingerprint density at radius 1 is 1.22 bits per heavy atom. The fourth-order valence-corrected chi connectivity index (χ4v) is 2.98.